The van der Waals surface area contributed by atoms with Crippen molar-refractivity contribution in [1.29, 1.82) is 0 Å². The summed E-state index contributed by atoms with van der Waals surface area (Å²) in [6.45, 7) is -0.905. The summed E-state index contributed by atoms with van der Waals surface area (Å²) in [4.78, 5) is 24.3. The first-order chi connectivity index (χ1) is 11.8. The second kappa shape index (κ2) is 7.54. The maximum atomic E-state index is 14.0. The molecule has 1 atom stereocenters. The number of nitrogens with zero attached hydrogens (tertiary/aromatic N) is 1. The molecule has 0 aliphatic carbocycles. The number of ether oxygens (including phenoxy) is 2. The lowest BCUT2D eigenvalue weighted by Crippen LogP contribution is -2.47. The molecule has 0 spiro atoms. The van der Waals surface area contributed by atoms with Crippen LogP contribution in [0, 0.1) is 0 Å². The highest BCUT2D eigenvalue weighted by atomic mass is 19.3. The van der Waals surface area contributed by atoms with E-state index in [-0.39, 0.29) is 13.0 Å². The summed E-state index contributed by atoms with van der Waals surface area (Å²) >= 11 is 0. The zero-order valence-corrected chi connectivity index (χ0v) is 13.9. The molecule has 1 heterocycles. The lowest BCUT2D eigenvalue weighted by Gasteiger charge is -2.26. The SMILES string of the molecule is COc1ccc(CN2CC(F)(F)CC[C@@H](NC(=O)O)C2=O)c(OC)c1. The Labute approximate surface area is 143 Å². The lowest BCUT2D eigenvalue weighted by molar-refractivity contribution is -0.136. The summed E-state index contributed by atoms with van der Waals surface area (Å²) in [5.41, 5.74) is 0.517. The number of halogens is 2. The van der Waals surface area contributed by atoms with Gasteiger partial charge in [0.05, 0.1) is 20.8 Å². The van der Waals surface area contributed by atoms with E-state index in [4.69, 9.17) is 14.6 Å². The number of amides is 2. The van der Waals surface area contributed by atoms with Gasteiger partial charge < -0.3 is 24.8 Å². The topological polar surface area (TPSA) is 88.1 Å². The van der Waals surface area contributed by atoms with Gasteiger partial charge in [0.2, 0.25) is 5.91 Å². The smallest absolute Gasteiger partial charge is 0.405 e. The quantitative estimate of drug-likeness (QED) is 0.842. The number of carbonyl (C=O) groups excluding carboxylic acids is 1. The minimum Gasteiger partial charge on any atom is -0.497 e. The highest BCUT2D eigenvalue weighted by molar-refractivity contribution is 5.85. The van der Waals surface area contributed by atoms with E-state index in [0.29, 0.717) is 17.1 Å². The van der Waals surface area contributed by atoms with Crippen molar-refractivity contribution in [3.05, 3.63) is 23.8 Å². The second-order valence-electron chi connectivity index (χ2n) is 5.77. The molecule has 1 fully saturated rings. The van der Waals surface area contributed by atoms with Crippen LogP contribution in [0.4, 0.5) is 13.6 Å². The van der Waals surface area contributed by atoms with Gasteiger partial charge in [-0.2, -0.15) is 0 Å². The van der Waals surface area contributed by atoms with Crippen molar-refractivity contribution in [2.75, 3.05) is 20.8 Å². The molecule has 0 saturated carbocycles. The highest BCUT2D eigenvalue weighted by Crippen LogP contribution is 2.30. The van der Waals surface area contributed by atoms with Gasteiger partial charge in [-0.05, 0) is 18.6 Å². The van der Waals surface area contributed by atoms with Gasteiger partial charge in [-0.15, -0.1) is 0 Å². The number of carbonyl (C=O) groups is 2. The van der Waals surface area contributed by atoms with Crippen LogP contribution >= 0.6 is 0 Å². The molecule has 7 nitrogen and oxygen atoms in total. The van der Waals surface area contributed by atoms with Crippen LogP contribution in [-0.2, 0) is 11.3 Å². The molecule has 2 amide bonds. The lowest BCUT2D eigenvalue weighted by atomic mass is 10.1. The molecule has 1 aliphatic rings. The van der Waals surface area contributed by atoms with Gasteiger partial charge in [0.1, 0.15) is 17.5 Å². The molecule has 138 valence electrons. The number of likely N-dealkylation sites (tertiary alicyclic amines) is 1. The molecule has 2 rings (SSSR count). The Kier molecular flexibility index (Phi) is 5.66. The van der Waals surface area contributed by atoms with Gasteiger partial charge in [-0.25, -0.2) is 13.6 Å². The summed E-state index contributed by atoms with van der Waals surface area (Å²) < 4.78 is 38.3. The largest absolute Gasteiger partial charge is 0.497 e. The van der Waals surface area contributed by atoms with Crippen molar-refractivity contribution in [3.63, 3.8) is 0 Å². The van der Waals surface area contributed by atoms with Gasteiger partial charge in [0, 0.05) is 24.6 Å². The molecule has 2 N–H and O–H groups in total. The number of methoxy groups -OCH3 is 2. The molecule has 0 bridgehead atoms. The number of hydrogen-bond donors (Lipinski definition) is 2. The van der Waals surface area contributed by atoms with E-state index in [1.807, 2.05) is 5.32 Å². The predicted molar refractivity (Wildman–Crippen MR) is 84.1 cm³/mol. The second-order valence-corrected chi connectivity index (χ2v) is 5.77. The van der Waals surface area contributed by atoms with E-state index in [2.05, 4.69) is 0 Å². The van der Waals surface area contributed by atoms with Crippen LogP contribution in [0.25, 0.3) is 0 Å². The Bertz CT molecular complexity index is 653. The molecule has 1 aromatic rings. The Balaban J connectivity index is 2.28. The van der Waals surface area contributed by atoms with Gasteiger partial charge in [-0.3, -0.25) is 4.79 Å². The van der Waals surface area contributed by atoms with Crippen molar-refractivity contribution in [2.45, 2.75) is 31.4 Å². The monoisotopic (exact) mass is 358 g/mol. The Morgan fingerprint density at radius 2 is 2.12 bits per heavy atom. The van der Waals surface area contributed by atoms with Crippen LogP contribution in [-0.4, -0.2) is 54.7 Å². The molecule has 0 aromatic heterocycles. The summed E-state index contributed by atoms with van der Waals surface area (Å²) in [6.07, 6.45) is -2.25. The number of hydrogen-bond acceptors (Lipinski definition) is 4. The number of rotatable bonds is 5. The molecular formula is C16H20F2N2O5. The molecular weight excluding hydrogens is 338 g/mol. The Morgan fingerprint density at radius 3 is 2.72 bits per heavy atom. The van der Waals surface area contributed by atoms with Crippen LogP contribution in [0.15, 0.2) is 18.2 Å². The third kappa shape index (κ3) is 4.71. The fraction of sp³-hybridized carbons (Fsp3) is 0.500. The molecule has 1 aromatic carbocycles. The first kappa shape index (κ1) is 18.8. The van der Waals surface area contributed by atoms with Gasteiger partial charge >= 0.3 is 6.09 Å². The zero-order chi connectivity index (χ0) is 18.6. The van der Waals surface area contributed by atoms with Crippen LogP contribution in [0.3, 0.4) is 0 Å². The molecule has 25 heavy (non-hydrogen) atoms. The van der Waals surface area contributed by atoms with E-state index in [0.717, 1.165) is 4.90 Å². The van der Waals surface area contributed by atoms with Crippen LogP contribution in [0.5, 0.6) is 11.5 Å². The molecule has 0 unspecified atom stereocenters. The number of alkyl halides is 2. The highest BCUT2D eigenvalue weighted by Gasteiger charge is 2.41. The molecule has 9 heteroatoms. The van der Waals surface area contributed by atoms with Crippen molar-refractivity contribution in [3.8, 4) is 11.5 Å². The van der Waals surface area contributed by atoms with Crippen molar-refractivity contribution in [2.24, 2.45) is 0 Å². The van der Waals surface area contributed by atoms with Gasteiger partial charge in [-0.1, -0.05) is 0 Å². The molecule has 1 aliphatic heterocycles. The minimum absolute atomic E-state index is 0.126. The zero-order valence-electron chi connectivity index (χ0n) is 13.9. The van der Waals surface area contributed by atoms with Crippen LogP contribution in [0.2, 0.25) is 0 Å². The third-order valence-corrected chi connectivity index (χ3v) is 3.98. The van der Waals surface area contributed by atoms with E-state index in [1.54, 1.807) is 18.2 Å². The minimum atomic E-state index is -3.09. The summed E-state index contributed by atoms with van der Waals surface area (Å²) in [6, 6.07) is 3.64. The average Bonchev–Trinajstić information content (AvgIpc) is 2.66. The average molecular weight is 358 g/mol. The number of nitrogens with one attached hydrogen (secondary N) is 1. The fourth-order valence-electron chi connectivity index (χ4n) is 2.74. The van der Waals surface area contributed by atoms with E-state index in [9.17, 15) is 18.4 Å². The summed E-state index contributed by atoms with van der Waals surface area (Å²) in [7, 11) is 2.90. The fourth-order valence-corrected chi connectivity index (χ4v) is 2.74. The van der Waals surface area contributed by atoms with Gasteiger partial charge in [0.15, 0.2) is 0 Å². The van der Waals surface area contributed by atoms with Crippen molar-refractivity contribution >= 4 is 12.0 Å². The Morgan fingerprint density at radius 1 is 1.40 bits per heavy atom. The standard InChI is InChI=1S/C16H20F2N2O5/c1-24-11-4-3-10(13(7-11)25-2)8-20-9-16(17,18)6-5-12(14(20)21)19-15(22)23/h3-4,7,12,19H,5-6,8-9H2,1-2H3,(H,22,23)/t12-/m1/s1. The van der Waals surface area contributed by atoms with Crippen molar-refractivity contribution < 1.29 is 33.0 Å². The van der Waals surface area contributed by atoms with Crippen molar-refractivity contribution in [1.82, 2.24) is 10.2 Å². The maximum absolute atomic E-state index is 14.0. The predicted octanol–water partition coefficient (Wildman–Crippen LogP) is 2.10. The van der Waals surface area contributed by atoms with Crippen LogP contribution in [0.1, 0.15) is 18.4 Å². The van der Waals surface area contributed by atoms with E-state index < -0.39 is 36.9 Å². The third-order valence-electron chi connectivity index (χ3n) is 3.98. The Hall–Kier alpha value is -2.58. The number of carboxylic acid groups (broad SMARTS) is 1. The first-order valence-corrected chi connectivity index (χ1v) is 7.62. The summed E-state index contributed by atoms with van der Waals surface area (Å²) in [5.74, 6) is -2.86. The van der Waals surface area contributed by atoms with Crippen LogP contribution < -0.4 is 14.8 Å². The molecule has 0 radical (unpaired) electrons. The first-order valence-electron chi connectivity index (χ1n) is 7.62. The van der Waals surface area contributed by atoms with Gasteiger partial charge in [0.25, 0.3) is 5.92 Å². The normalized spacial score (nSPS) is 19.9. The molecule has 1 saturated heterocycles. The maximum Gasteiger partial charge on any atom is 0.405 e. The van der Waals surface area contributed by atoms with E-state index >= 15 is 0 Å². The summed E-state index contributed by atoms with van der Waals surface area (Å²) in [5, 5.41) is 10.8. The van der Waals surface area contributed by atoms with E-state index in [1.165, 1.54) is 14.2 Å². The number of benzene rings is 1.